The van der Waals surface area contributed by atoms with Gasteiger partial charge in [0, 0.05) is 31.0 Å². The predicted molar refractivity (Wildman–Crippen MR) is 61.0 cm³/mol. The zero-order valence-corrected chi connectivity index (χ0v) is 9.72. The molecule has 2 unspecified atom stereocenters. The second-order valence-electron chi connectivity index (χ2n) is 4.05. The topological polar surface area (TPSA) is 41.5 Å². The van der Waals surface area contributed by atoms with Gasteiger partial charge in [0.05, 0.1) is 6.10 Å². The molecule has 15 heavy (non-hydrogen) atoms. The van der Waals surface area contributed by atoms with Crippen molar-refractivity contribution in [2.75, 3.05) is 13.2 Å². The lowest BCUT2D eigenvalue weighted by atomic mass is 9.97. The fourth-order valence-corrected chi connectivity index (χ4v) is 2.49. The maximum atomic E-state index is 10.2. The monoisotopic (exact) mass is 227 g/mol. The number of hydrogen-bond acceptors (Lipinski definition) is 4. The normalized spacial score (nSPS) is 30.9. The Morgan fingerprint density at radius 1 is 1.73 bits per heavy atom. The largest absolute Gasteiger partial charge is 0.386 e. The number of thiophene rings is 1. The Bertz CT molecular complexity index is 302. The maximum Gasteiger partial charge on any atom is 0.105 e. The molecule has 0 saturated carbocycles. The average molecular weight is 227 g/mol. The van der Waals surface area contributed by atoms with Gasteiger partial charge in [-0.1, -0.05) is 6.07 Å². The second-order valence-corrected chi connectivity index (χ2v) is 5.08. The van der Waals surface area contributed by atoms with Crippen molar-refractivity contribution in [2.45, 2.75) is 31.6 Å². The summed E-state index contributed by atoms with van der Waals surface area (Å²) in [5.41, 5.74) is -0.683. The minimum atomic E-state index is -0.683. The van der Waals surface area contributed by atoms with Gasteiger partial charge in [-0.3, -0.25) is 0 Å². The minimum Gasteiger partial charge on any atom is -0.386 e. The van der Waals surface area contributed by atoms with E-state index in [0.717, 1.165) is 13.0 Å². The van der Waals surface area contributed by atoms with Crippen LogP contribution in [0.3, 0.4) is 0 Å². The lowest BCUT2D eigenvalue weighted by Crippen LogP contribution is -2.45. The SMILES string of the molecule is CC1OCCC1(O)CNCc1cccs1. The van der Waals surface area contributed by atoms with E-state index in [4.69, 9.17) is 4.74 Å². The number of ether oxygens (including phenoxy) is 1. The van der Waals surface area contributed by atoms with Gasteiger partial charge in [0.25, 0.3) is 0 Å². The second kappa shape index (κ2) is 4.61. The smallest absolute Gasteiger partial charge is 0.105 e. The average Bonchev–Trinajstić information content (AvgIpc) is 2.79. The summed E-state index contributed by atoms with van der Waals surface area (Å²) in [5.74, 6) is 0. The molecule has 0 bridgehead atoms. The van der Waals surface area contributed by atoms with E-state index in [9.17, 15) is 5.11 Å². The van der Waals surface area contributed by atoms with Gasteiger partial charge in [-0.15, -0.1) is 11.3 Å². The Morgan fingerprint density at radius 3 is 3.20 bits per heavy atom. The molecule has 2 atom stereocenters. The number of aliphatic hydroxyl groups is 1. The summed E-state index contributed by atoms with van der Waals surface area (Å²) in [6, 6.07) is 4.13. The Labute approximate surface area is 94.1 Å². The van der Waals surface area contributed by atoms with Crippen molar-refractivity contribution >= 4 is 11.3 Å². The van der Waals surface area contributed by atoms with Gasteiger partial charge in [-0.2, -0.15) is 0 Å². The van der Waals surface area contributed by atoms with Crippen molar-refractivity contribution in [2.24, 2.45) is 0 Å². The van der Waals surface area contributed by atoms with E-state index in [2.05, 4.69) is 16.8 Å². The third kappa shape index (κ3) is 2.58. The number of hydrogen-bond donors (Lipinski definition) is 2. The Balaban J connectivity index is 1.78. The maximum absolute atomic E-state index is 10.2. The summed E-state index contributed by atoms with van der Waals surface area (Å²) < 4.78 is 5.37. The molecule has 0 radical (unpaired) electrons. The van der Waals surface area contributed by atoms with Crippen LogP contribution in [0.2, 0.25) is 0 Å². The van der Waals surface area contributed by atoms with Gasteiger partial charge >= 0.3 is 0 Å². The fourth-order valence-electron chi connectivity index (χ4n) is 1.82. The molecule has 1 saturated heterocycles. The quantitative estimate of drug-likeness (QED) is 0.816. The molecule has 1 fully saturated rings. The van der Waals surface area contributed by atoms with Gasteiger partial charge in [0.1, 0.15) is 5.60 Å². The zero-order chi connectivity index (χ0) is 10.7. The molecule has 3 nitrogen and oxygen atoms in total. The van der Waals surface area contributed by atoms with Gasteiger partial charge in [0.15, 0.2) is 0 Å². The molecule has 1 aliphatic rings. The highest BCUT2D eigenvalue weighted by Gasteiger charge is 2.38. The van der Waals surface area contributed by atoms with Crippen molar-refractivity contribution in [3.63, 3.8) is 0 Å². The van der Waals surface area contributed by atoms with Gasteiger partial charge in [-0.25, -0.2) is 0 Å². The van der Waals surface area contributed by atoms with Crippen LogP contribution in [0, 0.1) is 0 Å². The van der Waals surface area contributed by atoms with Crippen molar-refractivity contribution in [1.82, 2.24) is 5.32 Å². The highest BCUT2D eigenvalue weighted by atomic mass is 32.1. The van der Waals surface area contributed by atoms with Crippen LogP contribution in [0.5, 0.6) is 0 Å². The number of nitrogens with one attached hydrogen (secondary N) is 1. The summed E-state index contributed by atoms with van der Waals surface area (Å²) in [6.45, 7) is 4.02. The van der Waals surface area contributed by atoms with Crippen LogP contribution in [-0.2, 0) is 11.3 Å². The van der Waals surface area contributed by atoms with Crippen LogP contribution < -0.4 is 5.32 Å². The fraction of sp³-hybridized carbons (Fsp3) is 0.636. The Hall–Kier alpha value is -0.420. The summed E-state index contributed by atoms with van der Waals surface area (Å²) in [4.78, 5) is 1.30. The first kappa shape index (κ1) is 11.1. The van der Waals surface area contributed by atoms with E-state index in [0.29, 0.717) is 13.2 Å². The molecule has 2 heterocycles. The molecule has 0 aromatic carbocycles. The first-order valence-corrected chi connectivity index (χ1v) is 6.16. The molecule has 0 amide bonds. The molecule has 1 aromatic heterocycles. The van der Waals surface area contributed by atoms with Crippen molar-refractivity contribution < 1.29 is 9.84 Å². The van der Waals surface area contributed by atoms with Gasteiger partial charge in [-0.05, 0) is 18.4 Å². The summed E-state index contributed by atoms with van der Waals surface area (Å²) in [7, 11) is 0. The summed E-state index contributed by atoms with van der Waals surface area (Å²) in [6.07, 6.45) is 0.666. The van der Waals surface area contributed by atoms with Crippen molar-refractivity contribution in [1.29, 1.82) is 0 Å². The van der Waals surface area contributed by atoms with E-state index in [1.807, 2.05) is 13.0 Å². The van der Waals surface area contributed by atoms with Crippen LogP contribution in [0.1, 0.15) is 18.2 Å². The standard InChI is InChI=1S/C11H17NO2S/c1-9-11(13,4-5-14-9)8-12-7-10-3-2-6-15-10/h2-3,6,9,12-13H,4-5,7-8H2,1H3. The van der Waals surface area contributed by atoms with Crippen molar-refractivity contribution in [3.8, 4) is 0 Å². The van der Waals surface area contributed by atoms with Crippen LogP contribution in [0.4, 0.5) is 0 Å². The minimum absolute atomic E-state index is 0.0617. The molecule has 4 heteroatoms. The lowest BCUT2D eigenvalue weighted by molar-refractivity contribution is -0.0262. The van der Waals surface area contributed by atoms with E-state index < -0.39 is 5.60 Å². The highest BCUT2D eigenvalue weighted by molar-refractivity contribution is 7.09. The molecule has 0 spiro atoms. The van der Waals surface area contributed by atoms with Gasteiger partial charge < -0.3 is 15.2 Å². The zero-order valence-electron chi connectivity index (χ0n) is 8.90. The summed E-state index contributed by atoms with van der Waals surface area (Å²) >= 11 is 1.73. The predicted octanol–water partition coefficient (Wildman–Crippen LogP) is 1.38. The molecule has 0 aliphatic carbocycles. The molecular weight excluding hydrogens is 210 g/mol. The molecule has 1 aromatic rings. The third-order valence-electron chi connectivity index (χ3n) is 2.97. The Kier molecular flexibility index (Phi) is 3.41. The van der Waals surface area contributed by atoms with Crippen LogP contribution in [0.15, 0.2) is 17.5 Å². The number of rotatable bonds is 4. The lowest BCUT2D eigenvalue weighted by Gasteiger charge is -2.26. The van der Waals surface area contributed by atoms with Gasteiger partial charge in [0.2, 0.25) is 0 Å². The highest BCUT2D eigenvalue weighted by Crippen LogP contribution is 2.24. The van der Waals surface area contributed by atoms with E-state index in [-0.39, 0.29) is 6.10 Å². The molecular formula is C11H17NO2S. The van der Waals surface area contributed by atoms with E-state index >= 15 is 0 Å². The van der Waals surface area contributed by atoms with Crippen LogP contribution in [-0.4, -0.2) is 30.0 Å². The molecule has 2 N–H and O–H groups in total. The van der Waals surface area contributed by atoms with E-state index in [1.54, 1.807) is 11.3 Å². The summed E-state index contributed by atoms with van der Waals surface area (Å²) in [5, 5.41) is 15.5. The molecule has 2 rings (SSSR count). The van der Waals surface area contributed by atoms with Crippen molar-refractivity contribution in [3.05, 3.63) is 22.4 Å². The van der Waals surface area contributed by atoms with Crippen LogP contribution >= 0.6 is 11.3 Å². The molecule has 1 aliphatic heterocycles. The van der Waals surface area contributed by atoms with Crippen LogP contribution in [0.25, 0.3) is 0 Å². The first-order valence-electron chi connectivity index (χ1n) is 5.28. The van der Waals surface area contributed by atoms with E-state index in [1.165, 1.54) is 4.88 Å². The Morgan fingerprint density at radius 2 is 2.60 bits per heavy atom. The third-order valence-corrected chi connectivity index (χ3v) is 3.85. The first-order chi connectivity index (χ1) is 7.21. The molecule has 84 valence electrons.